The number of allylic oxidation sites excluding steroid dienone is 1. The lowest BCUT2D eigenvalue weighted by Crippen LogP contribution is -2.42. The largest absolute Gasteiger partial charge is 0.334 e. The molecule has 5 rings (SSSR count). The predicted molar refractivity (Wildman–Crippen MR) is 107 cm³/mol. The molecule has 3 aromatic rings. The third-order valence-corrected chi connectivity index (χ3v) is 5.10. The summed E-state index contributed by atoms with van der Waals surface area (Å²) in [5.74, 6) is -2.88. The molecular formula is C24H17F2N. The second-order valence-electron chi connectivity index (χ2n) is 6.91. The van der Waals surface area contributed by atoms with Gasteiger partial charge in [0.25, 0.3) is 5.92 Å². The SMILES string of the molecule is FC1(F)C=c2ccc3c(c2N(c2ccccc2)C1)C(c1ccccc1)=CC=3. The van der Waals surface area contributed by atoms with E-state index in [0.29, 0.717) is 5.22 Å². The minimum Gasteiger partial charge on any atom is -0.334 e. The van der Waals surface area contributed by atoms with Gasteiger partial charge in [-0.25, -0.2) is 0 Å². The fourth-order valence-corrected chi connectivity index (χ4v) is 3.96. The Kier molecular flexibility index (Phi) is 3.51. The second-order valence-corrected chi connectivity index (χ2v) is 6.91. The van der Waals surface area contributed by atoms with Crippen molar-refractivity contribution in [1.82, 2.24) is 0 Å². The molecule has 1 heterocycles. The number of hydrogen-bond acceptors (Lipinski definition) is 1. The minimum atomic E-state index is -2.88. The number of alkyl halides is 2. The Hall–Kier alpha value is -3.20. The van der Waals surface area contributed by atoms with E-state index in [1.165, 1.54) is 0 Å². The van der Waals surface area contributed by atoms with Crippen LogP contribution < -0.4 is 15.3 Å². The van der Waals surface area contributed by atoms with Crippen molar-refractivity contribution in [1.29, 1.82) is 0 Å². The van der Waals surface area contributed by atoms with Gasteiger partial charge in [0.05, 0.1) is 12.2 Å². The van der Waals surface area contributed by atoms with Crippen molar-refractivity contribution in [3.05, 3.63) is 100 Å². The lowest BCUT2D eigenvalue weighted by molar-refractivity contribution is 0.0813. The Morgan fingerprint density at radius 2 is 1.41 bits per heavy atom. The number of nitrogens with zero attached hydrogens (tertiary/aromatic N) is 1. The van der Waals surface area contributed by atoms with Crippen molar-refractivity contribution in [2.45, 2.75) is 5.92 Å². The molecule has 0 fully saturated rings. The van der Waals surface area contributed by atoms with Crippen molar-refractivity contribution < 1.29 is 8.78 Å². The van der Waals surface area contributed by atoms with Gasteiger partial charge in [0.1, 0.15) is 0 Å². The Bertz CT molecular complexity index is 1160. The van der Waals surface area contributed by atoms with E-state index in [1.807, 2.05) is 54.6 Å². The number of rotatable bonds is 2. The first-order valence-electron chi connectivity index (χ1n) is 8.97. The van der Waals surface area contributed by atoms with Gasteiger partial charge in [0, 0.05) is 16.5 Å². The fourth-order valence-electron chi connectivity index (χ4n) is 3.96. The van der Waals surface area contributed by atoms with E-state index in [9.17, 15) is 8.78 Å². The number of hydrogen-bond donors (Lipinski definition) is 0. The van der Waals surface area contributed by atoms with Gasteiger partial charge in [-0.05, 0) is 34.6 Å². The van der Waals surface area contributed by atoms with Crippen LogP contribution in [0.15, 0.2) is 78.9 Å². The van der Waals surface area contributed by atoms with Gasteiger partial charge >= 0.3 is 0 Å². The number of halogens is 2. The van der Waals surface area contributed by atoms with Crippen LogP contribution >= 0.6 is 0 Å². The van der Waals surface area contributed by atoms with Crippen LogP contribution in [-0.2, 0) is 0 Å². The molecule has 0 saturated carbocycles. The predicted octanol–water partition coefficient (Wildman–Crippen LogP) is 4.48. The van der Waals surface area contributed by atoms with E-state index < -0.39 is 5.92 Å². The summed E-state index contributed by atoms with van der Waals surface area (Å²) < 4.78 is 28.9. The molecule has 2 aliphatic rings. The smallest absolute Gasteiger partial charge is 0.284 e. The molecule has 3 heteroatoms. The van der Waals surface area contributed by atoms with E-state index in [0.717, 1.165) is 39.4 Å². The zero-order valence-corrected chi connectivity index (χ0v) is 14.6. The number of anilines is 2. The van der Waals surface area contributed by atoms with Crippen LogP contribution in [0.2, 0.25) is 0 Å². The van der Waals surface area contributed by atoms with Crippen LogP contribution in [-0.4, -0.2) is 12.5 Å². The summed E-state index contributed by atoms with van der Waals surface area (Å²) in [4.78, 5) is 1.75. The molecule has 0 amide bonds. The molecule has 1 nitrogen and oxygen atoms in total. The van der Waals surface area contributed by atoms with Crippen LogP contribution in [0.3, 0.4) is 0 Å². The van der Waals surface area contributed by atoms with Crippen molar-refractivity contribution in [3.8, 4) is 0 Å². The van der Waals surface area contributed by atoms with Gasteiger partial charge in [-0.2, -0.15) is 8.78 Å². The van der Waals surface area contributed by atoms with Crippen LogP contribution in [0.4, 0.5) is 20.2 Å². The molecule has 1 aliphatic heterocycles. The van der Waals surface area contributed by atoms with Crippen LogP contribution in [0, 0.1) is 0 Å². The highest BCUT2D eigenvalue weighted by atomic mass is 19.3. The lowest BCUT2D eigenvalue weighted by atomic mass is 9.94. The molecular weight excluding hydrogens is 340 g/mol. The van der Waals surface area contributed by atoms with E-state index in [1.54, 1.807) is 11.0 Å². The second kappa shape index (κ2) is 5.92. The first kappa shape index (κ1) is 16.0. The molecule has 0 atom stereocenters. The molecule has 0 bridgehead atoms. The first-order valence-corrected chi connectivity index (χ1v) is 8.97. The van der Waals surface area contributed by atoms with Crippen molar-refractivity contribution in [2.75, 3.05) is 11.4 Å². The van der Waals surface area contributed by atoms with Gasteiger partial charge in [0.2, 0.25) is 0 Å². The first-order chi connectivity index (χ1) is 13.1. The Morgan fingerprint density at radius 1 is 0.741 bits per heavy atom. The Balaban J connectivity index is 1.80. The third-order valence-electron chi connectivity index (χ3n) is 5.10. The maximum Gasteiger partial charge on any atom is 0.284 e. The summed E-state index contributed by atoms with van der Waals surface area (Å²) in [7, 11) is 0. The molecule has 0 radical (unpaired) electrons. The zero-order valence-electron chi connectivity index (χ0n) is 14.6. The average Bonchev–Trinajstić information content (AvgIpc) is 3.12. The zero-order chi connectivity index (χ0) is 18.4. The minimum absolute atomic E-state index is 0.359. The van der Waals surface area contributed by atoms with Gasteiger partial charge in [0.15, 0.2) is 0 Å². The monoisotopic (exact) mass is 357 g/mol. The summed E-state index contributed by atoms with van der Waals surface area (Å²) in [5.41, 5.74) is 4.82. The quantitative estimate of drug-likeness (QED) is 0.654. The fraction of sp³-hybridized carbons (Fsp3) is 0.0833. The Morgan fingerprint density at radius 3 is 2.15 bits per heavy atom. The lowest BCUT2D eigenvalue weighted by Gasteiger charge is -2.34. The molecule has 1 aliphatic carbocycles. The summed E-state index contributed by atoms with van der Waals surface area (Å²) >= 11 is 0. The maximum absolute atomic E-state index is 14.5. The third kappa shape index (κ3) is 2.67. The summed E-state index contributed by atoms with van der Waals surface area (Å²) in [6.45, 7) is -0.359. The number of para-hydroxylation sites is 1. The van der Waals surface area contributed by atoms with E-state index >= 15 is 0 Å². The van der Waals surface area contributed by atoms with Gasteiger partial charge in [-0.15, -0.1) is 0 Å². The molecule has 132 valence electrons. The normalized spacial score (nSPS) is 16.7. The topological polar surface area (TPSA) is 3.24 Å². The highest BCUT2D eigenvalue weighted by Crippen LogP contribution is 2.37. The van der Waals surface area contributed by atoms with E-state index in [4.69, 9.17) is 0 Å². The van der Waals surface area contributed by atoms with E-state index in [2.05, 4.69) is 24.3 Å². The molecule has 0 N–H and O–H groups in total. The maximum atomic E-state index is 14.5. The van der Waals surface area contributed by atoms with Crippen molar-refractivity contribution >= 4 is 29.1 Å². The average molecular weight is 357 g/mol. The standard InChI is InChI=1S/C24H17F2N/c25-24(26)15-19-12-11-18-13-14-21(17-7-3-1-4-8-17)22(18)23(19)27(16-24)20-9-5-2-6-10-20/h1-15H,16H2. The van der Waals surface area contributed by atoms with Crippen LogP contribution in [0.25, 0.3) is 17.7 Å². The molecule has 0 aromatic heterocycles. The molecule has 0 spiro atoms. The highest BCUT2D eigenvalue weighted by Gasteiger charge is 2.36. The summed E-state index contributed by atoms with van der Waals surface area (Å²) in [6, 6.07) is 23.3. The van der Waals surface area contributed by atoms with Crippen molar-refractivity contribution in [2.24, 2.45) is 0 Å². The highest BCUT2D eigenvalue weighted by molar-refractivity contribution is 5.95. The molecule has 0 saturated heterocycles. The van der Waals surface area contributed by atoms with Gasteiger partial charge in [-0.1, -0.05) is 72.8 Å². The molecule has 0 unspecified atom stereocenters. The van der Waals surface area contributed by atoms with Crippen molar-refractivity contribution in [3.63, 3.8) is 0 Å². The number of fused-ring (bicyclic) bond motifs is 3. The molecule has 3 aromatic carbocycles. The number of benzene rings is 3. The summed E-state index contributed by atoms with van der Waals surface area (Å²) in [5, 5.41) is 1.64. The van der Waals surface area contributed by atoms with Gasteiger partial charge in [-0.3, -0.25) is 0 Å². The molecule has 27 heavy (non-hydrogen) atoms. The van der Waals surface area contributed by atoms with Gasteiger partial charge < -0.3 is 4.90 Å². The van der Waals surface area contributed by atoms with E-state index in [-0.39, 0.29) is 6.54 Å². The Labute approximate surface area is 156 Å². The van der Waals surface area contributed by atoms with Crippen LogP contribution in [0.5, 0.6) is 0 Å². The summed E-state index contributed by atoms with van der Waals surface area (Å²) in [6.07, 6.45) is 5.24. The van der Waals surface area contributed by atoms with Crippen LogP contribution in [0.1, 0.15) is 11.1 Å².